The Hall–Kier alpha value is -2.99. The third-order valence-corrected chi connectivity index (χ3v) is 7.90. The number of urea groups is 1. The summed E-state index contributed by atoms with van der Waals surface area (Å²) >= 11 is 0. The normalized spacial score (nSPS) is 19.7. The summed E-state index contributed by atoms with van der Waals surface area (Å²) in [4.78, 5) is 47.8. The maximum atomic E-state index is 12.8. The van der Waals surface area contributed by atoms with Gasteiger partial charge < -0.3 is 21.3 Å². The standard InChI is InChI=1S/C29H44N8O3.ClH/c1-20(2)37(24-11-7-22(30)8-12-24)19-21-5-9-23(10-6-21)36-14-13-25(33-28(36)40)32-27(39)35-17-15-34(16-18-35)26(38)29(3,4)31;/h5-6,9-10,13-14,20,22,24H,7-8,11-12,15-19,30-31H2,1-4H3,(H,32,33,39,40);1H/t22-,24-;. The van der Waals surface area contributed by atoms with Gasteiger partial charge in [-0.15, -0.1) is 12.4 Å². The number of aromatic nitrogens is 2. The Morgan fingerprint density at radius 1 is 1.02 bits per heavy atom. The van der Waals surface area contributed by atoms with Crippen molar-refractivity contribution in [2.75, 3.05) is 31.5 Å². The Morgan fingerprint density at radius 2 is 1.61 bits per heavy atom. The number of carbonyl (C=O) groups excluding carboxylic acids is 2. The zero-order valence-corrected chi connectivity index (χ0v) is 25.4. The van der Waals surface area contributed by atoms with Crippen LogP contribution in [0.15, 0.2) is 41.3 Å². The number of rotatable bonds is 7. The Balaban J connectivity index is 0.00000462. The van der Waals surface area contributed by atoms with E-state index in [1.165, 1.54) is 10.1 Å². The fourth-order valence-corrected chi connectivity index (χ4v) is 5.52. The van der Waals surface area contributed by atoms with Crippen LogP contribution in [-0.2, 0) is 11.3 Å². The topological polar surface area (TPSA) is 143 Å². The van der Waals surface area contributed by atoms with Crippen molar-refractivity contribution in [2.24, 2.45) is 11.5 Å². The van der Waals surface area contributed by atoms with E-state index in [-0.39, 0.29) is 30.2 Å². The molecule has 1 aromatic carbocycles. The van der Waals surface area contributed by atoms with Crippen LogP contribution in [0, 0.1) is 0 Å². The molecule has 11 nitrogen and oxygen atoms in total. The number of hydrogen-bond acceptors (Lipinski definition) is 7. The number of piperazine rings is 1. The van der Waals surface area contributed by atoms with E-state index in [1.807, 2.05) is 12.1 Å². The maximum absolute atomic E-state index is 12.8. The third kappa shape index (κ3) is 8.28. The molecule has 2 heterocycles. The van der Waals surface area contributed by atoms with Gasteiger partial charge in [-0.2, -0.15) is 4.98 Å². The smallest absolute Gasteiger partial charge is 0.338 e. The van der Waals surface area contributed by atoms with Crippen LogP contribution in [0.2, 0.25) is 0 Å². The Morgan fingerprint density at radius 3 is 2.15 bits per heavy atom. The van der Waals surface area contributed by atoms with Gasteiger partial charge in [0.15, 0.2) is 0 Å². The van der Waals surface area contributed by atoms with Crippen LogP contribution < -0.4 is 22.5 Å². The van der Waals surface area contributed by atoms with E-state index < -0.39 is 11.2 Å². The van der Waals surface area contributed by atoms with Crippen molar-refractivity contribution in [1.29, 1.82) is 0 Å². The molecule has 0 atom stereocenters. The minimum atomic E-state index is -0.947. The highest BCUT2D eigenvalue weighted by Crippen LogP contribution is 2.25. The first-order valence-electron chi connectivity index (χ1n) is 14.3. The van der Waals surface area contributed by atoms with Crippen LogP contribution in [0.5, 0.6) is 0 Å². The zero-order valence-electron chi connectivity index (χ0n) is 24.6. The quantitative estimate of drug-likeness (QED) is 0.451. The van der Waals surface area contributed by atoms with Gasteiger partial charge in [-0.1, -0.05) is 12.1 Å². The average Bonchev–Trinajstić information content (AvgIpc) is 2.92. The molecular weight excluding hydrogens is 544 g/mol. The van der Waals surface area contributed by atoms with Gasteiger partial charge in [0.2, 0.25) is 5.91 Å². The summed E-state index contributed by atoms with van der Waals surface area (Å²) in [6.45, 7) is 10.2. The number of nitrogens with two attached hydrogens (primary N) is 2. The Labute approximate surface area is 248 Å². The lowest BCUT2D eigenvalue weighted by Crippen LogP contribution is -2.58. The van der Waals surface area contributed by atoms with Crippen LogP contribution in [0.1, 0.15) is 58.9 Å². The lowest BCUT2D eigenvalue weighted by Gasteiger charge is -2.38. The first-order chi connectivity index (χ1) is 18.9. The largest absolute Gasteiger partial charge is 0.354 e. The summed E-state index contributed by atoms with van der Waals surface area (Å²) < 4.78 is 1.46. The average molecular weight is 589 g/mol. The second-order valence-electron chi connectivity index (χ2n) is 11.9. The molecule has 41 heavy (non-hydrogen) atoms. The van der Waals surface area contributed by atoms with E-state index in [0.717, 1.165) is 32.2 Å². The van der Waals surface area contributed by atoms with E-state index in [9.17, 15) is 14.4 Å². The summed E-state index contributed by atoms with van der Waals surface area (Å²) in [7, 11) is 0. The molecule has 226 valence electrons. The predicted octanol–water partition coefficient (Wildman–Crippen LogP) is 2.55. The van der Waals surface area contributed by atoms with Gasteiger partial charge in [-0.3, -0.25) is 19.6 Å². The van der Waals surface area contributed by atoms with Gasteiger partial charge >= 0.3 is 11.7 Å². The van der Waals surface area contributed by atoms with Crippen molar-refractivity contribution in [3.8, 4) is 5.69 Å². The molecule has 1 saturated heterocycles. The van der Waals surface area contributed by atoms with Crippen molar-refractivity contribution < 1.29 is 9.59 Å². The molecule has 2 aliphatic rings. The molecule has 0 radical (unpaired) electrons. The molecule has 0 unspecified atom stereocenters. The second kappa shape index (κ2) is 13.8. The summed E-state index contributed by atoms with van der Waals surface area (Å²) in [5, 5.41) is 2.70. The maximum Gasteiger partial charge on any atom is 0.354 e. The van der Waals surface area contributed by atoms with Crippen LogP contribution in [0.3, 0.4) is 0 Å². The van der Waals surface area contributed by atoms with Crippen molar-refractivity contribution in [1.82, 2.24) is 24.3 Å². The number of amides is 3. The first-order valence-corrected chi connectivity index (χ1v) is 14.3. The fourth-order valence-electron chi connectivity index (χ4n) is 5.52. The number of benzene rings is 1. The highest BCUT2D eigenvalue weighted by atomic mass is 35.5. The molecule has 5 N–H and O–H groups in total. The zero-order chi connectivity index (χ0) is 29.0. The Kier molecular flexibility index (Phi) is 10.9. The summed E-state index contributed by atoms with van der Waals surface area (Å²) in [5.41, 5.74) is 12.5. The van der Waals surface area contributed by atoms with Crippen molar-refractivity contribution >= 4 is 30.2 Å². The molecule has 2 aromatic rings. The monoisotopic (exact) mass is 588 g/mol. The van der Waals surface area contributed by atoms with Crippen molar-refractivity contribution in [3.63, 3.8) is 0 Å². The Bertz CT molecular complexity index is 1230. The number of anilines is 1. The minimum Gasteiger partial charge on any atom is -0.338 e. The van der Waals surface area contributed by atoms with E-state index in [1.54, 1.807) is 35.9 Å². The molecule has 4 rings (SSSR count). The molecule has 3 amide bonds. The van der Waals surface area contributed by atoms with E-state index in [2.05, 4.69) is 41.2 Å². The molecular formula is C29H45ClN8O3. The predicted molar refractivity (Wildman–Crippen MR) is 163 cm³/mol. The van der Waals surface area contributed by atoms with Gasteiger partial charge in [-0.25, -0.2) is 9.59 Å². The third-order valence-electron chi connectivity index (χ3n) is 7.90. The molecule has 0 spiro atoms. The molecule has 12 heteroatoms. The molecule has 1 aliphatic heterocycles. The van der Waals surface area contributed by atoms with Crippen LogP contribution in [0.25, 0.3) is 5.69 Å². The first kappa shape index (κ1) is 32.5. The SMILES string of the molecule is CC(C)N(Cc1ccc(-n2ccc(NC(=O)N3CCN(C(=O)C(C)(C)N)CC3)nc2=O)cc1)[C@H]1CC[C@H](N)CC1.Cl. The van der Waals surface area contributed by atoms with Gasteiger partial charge in [0.1, 0.15) is 5.82 Å². The number of hydrogen-bond donors (Lipinski definition) is 3. The van der Waals surface area contributed by atoms with Gasteiger partial charge in [-0.05, 0) is 77.1 Å². The van der Waals surface area contributed by atoms with E-state index >= 15 is 0 Å². The van der Waals surface area contributed by atoms with Gasteiger partial charge in [0.05, 0.1) is 11.2 Å². The van der Waals surface area contributed by atoms with Crippen molar-refractivity contribution in [2.45, 2.75) is 83.6 Å². The lowest BCUT2D eigenvalue weighted by atomic mass is 9.90. The van der Waals surface area contributed by atoms with Gasteiger partial charge in [0.25, 0.3) is 0 Å². The summed E-state index contributed by atoms with van der Waals surface area (Å²) in [6, 6.07) is 10.5. The number of halogens is 1. The highest BCUT2D eigenvalue weighted by molar-refractivity contribution is 5.89. The number of nitrogens with zero attached hydrogens (tertiary/aromatic N) is 5. The minimum absolute atomic E-state index is 0. The molecule has 1 saturated carbocycles. The van der Waals surface area contributed by atoms with E-state index in [0.29, 0.717) is 50.0 Å². The fraction of sp³-hybridized carbons (Fsp3) is 0.586. The van der Waals surface area contributed by atoms with Crippen LogP contribution in [-0.4, -0.2) is 86.0 Å². The molecule has 1 aromatic heterocycles. The van der Waals surface area contributed by atoms with Crippen LogP contribution in [0.4, 0.5) is 10.6 Å². The van der Waals surface area contributed by atoms with E-state index in [4.69, 9.17) is 11.5 Å². The lowest BCUT2D eigenvalue weighted by molar-refractivity contribution is -0.137. The highest BCUT2D eigenvalue weighted by Gasteiger charge is 2.31. The summed E-state index contributed by atoms with van der Waals surface area (Å²) in [5.74, 6) is 0.0433. The number of nitrogens with one attached hydrogen (secondary N) is 1. The van der Waals surface area contributed by atoms with Crippen molar-refractivity contribution in [3.05, 3.63) is 52.6 Å². The van der Waals surface area contributed by atoms with Crippen LogP contribution >= 0.6 is 12.4 Å². The number of carbonyl (C=O) groups is 2. The summed E-state index contributed by atoms with van der Waals surface area (Å²) in [6.07, 6.45) is 6.02. The van der Waals surface area contributed by atoms with Gasteiger partial charge in [0, 0.05) is 57.0 Å². The molecule has 1 aliphatic carbocycles. The second-order valence-corrected chi connectivity index (χ2v) is 11.9. The molecule has 0 bridgehead atoms. The molecule has 2 fully saturated rings.